The van der Waals surface area contributed by atoms with E-state index in [0.29, 0.717) is 18.7 Å². The second-order valence-corrected chi connectivity index (χ2v) is 8.83. The Kier molecular flexibility index (Phi) is 7.26. The highest BCUT2D eigenvalue weighted by atomic mass is 32.2. The van der Waals surface area contributed by atoms with E-state index in [1.165, 1.54) is 22.7 Å². The number of nitrogens with zero attached hydrogens (tertiary/aromatic N) is 1. The van der Waals surface area contributed by atoms with Crippen molar-refractivity contribution in [3.05, 3.63) is 41.5 Å². The smallest absolute Gasteiger partial charge is 0.243 e. The van der Waals surface area contributed by atoms with Gasteiger partial charge in [0.2, 0.25) is 15.9 Å². The highest BCUT2D eigenvalue weighted by Gasteiger charge is 2.31. The molecule has 5 nitrogen and oxygen atoms in total. The van der Waals surface area contributed by atoms with Crippen molar-refractivity contribution in [3.63, 3.8) is 0 Å². The number of aryl methyl sites for hydroxylation is 1. The van der Waals surface area contributed by atoms with Gasteiger partial charge in [0, 0.05) is 6.54 Å². The van der Waals surface area contributed by atoms with E-state index >= 15 is 0 Å². The summed E-state index contributed by atoms with van der Waals surface area (Å²) < 4.78 is 26.1. The minimum atomic E-state index is -3.58. The molecule has 1 aliphatic carbocycles. The summed E-state index contributed by atoms with van der Waals surface area (Å²) >= 11 is 0. The Bertz CT molecular complexity index is 756. The van der Waals surface area contributed by atoms with Gasteiger partial charge in [-0.25, -0.2) is 8.42 Å². The van der Waals surface area contributed by atoms with Crippen molar-refractivity contribution in [1.29, 1.82) is 0 Å². The molecule has 1 N–H and O–H groups in total. The summed E-state index contributed by atoms with van der Waals surface area (Å²) in [5, 5.41) is 2.93. The molecule has 1 aromatic rings. The Morgan fingerprint density at radius 3 is 2.65 bits per heavy atom. The number of anilines is 1. The molecule has 2 rings (SSSR count). The van der Waals surface area contributed by atoms with Crippen molar-refractivity contribution < 1.29 is 13.2 Å². The lowest BCUT2D eigenvalue weighted by atomic mass is 9.97. The third kappa shape index (κ3) is 5.59. The molecule has 0 radical (unpaired) electrons. The van der Waals surface area contributed by atoms with Gasteiger partial charge in [0.1, 0.15) is 6.04 Å². The Morgan fingerprint density at radius 2 is 2.08 bits per heavy atom. The molecular weight excluding hydrogens is 348 g/mol. The van der Waals surface area contributed by atoms with Crippen LogP contribution in [0.1, 0.15) is 51.0 Å². The molecule has 0 aromatic heterocycles. The molecule has 0 saturated carbocycles. The molecule has 0 spiro atoms. The second kappa shape index (κ2) is 9.21. The van der Waals surface area contributed by atoms with Gasteiger partial charge >= 0.3 is 0 Å². The number of sulfonamides is 1. The van der Waals surface area contributed by atoms with Crippen molar-refractivity contribution in [1.82, 2.24) is 5.32 Å². The molecular formula is C20H30N2O3S. The lowest BCUT2D eigenvalue weighted by molar-refractivity contribution is -0.122. The van der Waals surface area contributed by atoms with Crippen LogP contribution in [0.5, 0.6) is 0 Å². The standard InChI is InChI=1S/C20H30N2O3S/c1-4-19(20(23)21-14-13-17-10-6-5-7-11-17)22(26(3,24)25)18-12-8-9-16(2)15-18/h8-10,12,15,19H,4-7,11,13-14H2,1-3H3,(H,21,23)/t19-/m0/s1. The third-order valence-corrected chi connectivity index (χ3v) is 5.90. The van der Waals surface area contributed by atoms with Crippen LogP contribution in [0.4, 0.5) is 5.69 Å². The predicted molar refractivity (Wildman–Crippen MR) is 107 cm³/mol. The summed E-state index contributed by atoms with van der Waals surface area (Å²) in [6.45, 7) is 4.29. The van der Waals surface area contributed by atoms with Gasteiger partial charge in [-0.05, 0) is 63.1 Å². The first kappa shape index (κ1) is 20.5. The molecule has 6 heteroatoms. The molecule has 1 aliphatic rings. The van der Waals surface area contributed by atoms with Gasteiger partial charge in [0.15, 0.2) is 0 Å². The first-order valence-corrected chi connectivity index (χ1v) is 11.2. The monoisotopic (exact) mass is 378 g/mol. The van der Waals surface area contributed by atoms with Crippen LogP contribution in [0.25, 0.3) is 0 Å². The van der Waals surface area contributed by atoms with E-state index in [1.807, 2.05) is 26.0 Å². The van der Waals surface area contributed by atoms with Crippen LogP contribution >= 0.6 is 0 Å². The Hall–Kier alpha value is -1.82. The quantitative estimate of drug-likeness (QED) is 0.704. The van der Waals surface area contributed by atoms with E-state index in [0.717, 1.165) is 31.1 Å². The zero-order chi connectivity index (χ0) is 19.2. The molecule has 0 saturated heterocycles. The number of nitrogens with one attached hydrogen (secondary N) is 1. The van der Waals surface area contributed by atoms with Crippen molar-refractivity contribution in [2.45, 2.75) is 58.4 Å². The minimum absolute atomic E-state index is 0.240. The first-order valence-electron chi connectivity index (χ1n) is 9.34. The van der Waals surface area contributed by atoms with Crippen LogP contribution in [0, 0.1) is 6.92 Å². The summed E-state index contributed by atoms with van der Waals surface area (Å²) in [5.74, 6) is -0.240. The van der Waals surface area contributed by atoms with E-state index < -0.39 is 16.1 Å². The summed E-state index contributed by atoms with van der Waals surface area (Å²) in [6.07, 6.45) is 9.35. The molecule has 1 atom stereocenters. The Morgan fingerprint density at radius 1 is 1.31 bits per heavy atom. The molecule has 0 aliphatic heterocycles. The topological polar surface area (TPSA) is 66.5 Å². The van der Waals surface area contributed by atoms with Crippen LogP contribution in [0.15, 0.2) is 35.9 Å². The van der Waals surface area contributed by atoms with Crippen molar-refractivity contribution >= 4 is 21.6 Å². The number of allylic oxidation sites excluding steroid dienone is 1. The van der Waals surface area contributed by atoms with Gasteiger partial charge in [0.25, 0.3) is 0 Å². The largest absolute Gasteiger partial charge is 0.354 e. The number of amides is 1. The van der Waals surface area contributed by atoms with Gasteiger partial charge in [-0.3, -0.25) is 9.10 Å². The van der Waals surface area contributed by atoms with Crippen molar-refractivity contribution in [3.8, 4) is 0 Å². The van der Waals surface area contributed by atoms with E-state index in [1.54, 1.807) is 12.1 Å². The third-order valence-electron chi connectivity index (χ3n) is 4.72. The first-order chi connectivity index (χ1) is 12.3. The maximum atomic E-state index is 12.7. The van der Waals surface area contributed by atoms with Crippen LogP contribution < -0.4 is 9.62 Å². The molecule has 26 heavy (non-hydrogen) atoms. The van der Waals surface area contributed by atoms with Crippen LogP contribution in [-0.4, -0.2) is 33.2 Å². The van der Waals surface area contributed by atoms with Gasteiger partial charge in [-0.2, -0.15) is 0 Å². The highest BCUT2D eigenvalue weighted by Crippen LogP contribution is 2.24. The van der Waals surface area contributed by atoms with E-state index in [4.69, 9.17) is 0 Å². The molecule has 0 fully saturated rings. The second-order valence-electron chi connectivity index (χ2n) is 6.97. The summed E-state index contributed by atoms with van der Waals surface area (Å²) in [4.78, 5) is 12.7. The number of carbonyl (C=O) groups is 1. The SMILES string of the molecule is CC[C@@H](C(=O)NCCC1=CCCCC1)N(c1cccc(C)c1)S(C)(=O)=O. The molecule has 1 aromatic carbocycles. The van der Waals surface area contributed by atoms with Crippen LogP contribution in [0.2, 0.25) is 0 Å². The zero-order valence-electron chi connectivity index (χ0n) is 16.0. The Labute approximate surface area is 157 Å². The van der Waals surface area contributed by atoms with E-state index in [2.05, 4.69) is 11.4 Å². The fourth-order valence-electron chi connectivity index (χ4n) is 3.42. The van der Waals surface area contributed by atoms with Crippen LogP contribution in [0.3, 0.4) is 0 Å². The lowest BCUT2D eigenvalue weighted by Gasteiger charge is -2.30. The zero-order valence-corrected chi connectivity index (χ0v) is 16.8. The minimum Gasteiger partial charge on any atom is -0.354 e. The summed E-state index contributed by atoms with van der Waals surface area (Å²) in [7, 11) is -3.58. The van der Waals surface area contributed by atoms with E-state index in [9.17, 15) is 13.2 Å². The summed E-state index contributed by atoms with van der Waals surface area (Å²) in [6, 6.07) is 6.50. The number of carbonyl (C=O) groups excluding carboxylic acids is 1. The molecule has 0 bridgehead atoms. The highest BCUT2D eigenvalue weighted by molar-refractivity contribution is 7.92. The van der Waals surface area contributed by atoms with Crippen molar-refractivity contribution in [2.24, 2.45) is 0 Å². The van der Waals surface area contributed by atoms with Crippen molar-refractivity contribution in [2.75, 3.05) is 17.1 Å². The normalized spacial score (nSPS) is 15.9. The van der Waals surface area contributed by atoms with Gasteiger partial charge in [0.05, 0.1) is 11.9 Å². The number of hydrogen-bond acceptors (Lipinski definition) is 3. The van der Waals surface area contributed by atoms with Gasteiger partial charge in [-0.1, -0.05) is 30.7 Å². The fraction of sp³-hybridized carbons (Fsp3) is 0.550. The maximum Gasteiger partial charge on any atom is 0.243 e. The van der Waals surface area contributed by atoms with Gasteiger partial charge < -0.3 is 5.32 Å². The molecule has 0 unspecified atom stereocenters. The van der Waals surface area contributed by atoms with Crippen LogP contribution in [-0.2, 0) is 14.8 Å². The predicted octanol–water partition coefficient (Wildman–Crippen LogP) is 3.55. The molecule has 0 heterocycles. The Balaban J connectivity index is 2.11. The summed E-state index contributed by atoms with van der Waals surface area (Å²) in [5.41, 5.74) is 2.88. The van der Waals surface area contributed by atoms with Gasteiger partial charge in [-0.15, -0.1) is 0 Å². The molecule has 144 valence electrons. The lowest BCUT2D eigenvalue weighted by Crippen LogP contribution is -2.49. The average Bonchev–Trinajstić information content (AvgIpc) is 2.59. The maximum absolute atomic E-state index is 12.7. The average molecular weight is 379 g/mol. The number of benzene rings is 1. The fourth-order valence-corrected chi connectivity index (χ4v) is 4.62. The number of hydrogen-bond donors (Lipinski definition) is 1. The molecule has 1 amide bonds. The number of rotatable bonds is 8. The van der Waals surface area contributed by atoms with E-state index in [-0.39, 0.29) is 5.91 Å².